The molecule has 29 heavy (non-hydrogen) atoms. The molecule has 0 amide bonds. The van der Waals surface area contributed by atoms with E-state index in [1.165, 1.54) is 0 Å². The zero-order chi connectivity index (χ0) is 20.1. The van der Waals surface area contributed by atoms with Gasteiger partial charge in [0.15, 0.2) is 5.96 Å². The number of guanidine groups is 1. The largest absolute Gasteiger partial charge is 0.353 e. The van der Waals surface area contributed by atoms with Crippen molar-refractivity contribution in [3.63, 3.8) is 0 Å². The number of rotatable bonds is 5. The third-order valence-electron chi connectivity index (χ3n) is 4.83. The smallest absolute Gasteiger partial charge is 0.191 e. The highest BCUT2D eigenvalue weighted by Gasteiger charge is 2.25. The minimum absolute atomic E-state index is 0.276. The van der Waals surface area contributed by atoms with Gasteiger partial charge in [-0.15, -0.1) is 0 Å². The van der Waals surface area contributed by atoms with Gasteiger partial charge in [-0.3, -0.25) is 9.56 Å². The Bertz CT molecular complexity index is 972. The minimum Gasteiger partial charge on any atom is -0.353 e. The third-order valence-corrected chi connectivity index (χ3v) is 5.13. The zero-order valence-corrected chi connectivity index (χ0v) is 16.9. The van der Waals surface area contributed by atoms with Crippen LogP contribution in [0.2, 0.25) is 5.02 Å². The molecule has 1 fully saturated rings. The molecule has 1 saturated heterocycles. The molecule has 150 valence electrons. The number of nitrogens with zero attached hydrogens (tertiary/aromatic N) is 6. The van der Waals surface area contributed by atoms with Crippen molar-refractivity contribution in [2.24, 2.45) is 4.99 Å². The zero-order valence-electron chi connectivity index (χ0n) is 16.2. The quantitative estimate of drug-likeness (QED) is 0.496. The predicted molar refractivity (Wildman–Crippen MR) is 115 cm³/mol. The Morgan fingerprint density at radius 1 is 1.28 bits per heavy atom. The van der Waals surface area contributed by atoms with Gasteiger partial charge < -0.3 is 15.5 Å². The second-order valence-electron chi connectivity index (χ2n) is 6.80. The molecule has 9 heteroatoms. The summed E-state index contributed by atoms with van der Waals surface area (Å²) in [6.07, 6.45) is 9.91. The third kappa shape index (κ3) is 4.65. The van der Waals surface area contributed by atoms with E-state index in [1.807, 2.05) is 35.0 Å². The van der Waals surface area contributed by atoms with E-state index in [4.69, 9.17) is 11.6 Å². The van der Waals surface area contributed by atoms with Crippen LogP contribution in [0.25, 0.3) is 5.82 Å². The van der Waals surface area contributed by atoms with E-state index < -0.39 is 0 Å². The molecule has 0 saturated carbocycles. The number of nitrogens with one attached hydrogen (secondary N) is 2. The van der Waals surface area contributed by atoms with Crippen LogP contribution in [0, 0.1) is 0 Å². The Balaban J connectivity index is 1.33. The molecule has 0 aromatic carbocycles. The maximum Gasteiger partial charge on any atom is 0.191 e. The van der Waals surface area contributed by atoms with Crippen molar-refractivity contribution >= 4 is 23.4 Å². The second kappa shape index (κ2) is 8.91. The van der Waals surface area contributed by atoms with Crippen molar-refractivity contribution < 1.29 is 0 Å². The molecule has 3 aromatic rings. The Morgan fingerprint density at radius 3 is 3.00 bits per heavy atom. The Kier molecular flexibility index (Phi) is 5.90. The molecule has 4 heterocycles. The van der Waals surface area contributed by atoms with Crippen LogP contribution in [0.4, 0.5) is 5.82 Å². The van der Waals surface area contributed by atoms with Crippen LogP contribution >= 0.6 is 11.6 Å². The monoisotopic (exact) mass is 410 g/mol. The lowest BCUT2D eigenvalue weighted by Crippen LogP contribution is -2.44. The van der Waals surface area contributed by atoms with Crippen LogP contribution in [0.15, 0.2) is 60.4 Å². The van der Waals surface area contributed by atoms with Crippen LogP contribution in [0.5, 0.6) is 0 Å². The molecule has 4 rings (SSSR count). The first-order chi connectivity index (χ1) is 14.2. The van der Waals surface area contributed by atoms with Crippen molar-refractivity contribution in [1.29, 1.82) is 0 Å². The maximum absolute atomic E-state index is 6.28. The van der Waals surface area contributed by atoms with Gasteiger partial charge in [-0.1, -0.05) is 11.6 Å². The van der Waals surface area contributed by atoms with Crippen LogP contribution in [-0.4, -0.2) is 51.7 Å². The molecule has 0 spiro atoms. The fourth-order valence-electron chi connectivity index (χ4n) is 3.36. The van der Waals surface area contributed by atoms with Gasteiger partial charge in [-0.25, -0.2) is 15.0 Å². The first-order valence-electron chi connectivity index (χ1n) is 9.49. The maximum atomic E-state index is 6.28. The summed E-state index contributed by atoms with van der Waals surface area (Å²) in [5.41, 5.74) is 1.11. The molecule has 0 aliphatic carbocycles. The van der Waals surface area contributed by atoms with E-state index in [1.54, 1.807) is 32.0 Å². The van der Waals surface area contributed by atoms with E-state index in [9.17, 15) is 0 Å². The molecule has 1 aliphatic heterocycles. The van der Waals surface area contributed by atoms with E-state index in [0.29, 0.717) is 11.6 Å². The lowest BCUT2D eigenvalue weighted by Gasteiger charge is -2.20. The standard InChI is InChI=1S/C20H23ClN8/c1-22-20(26-12-15-4-7-24-18(11-15)29-10-8-23-14-29)27-16-5-9-28(13-16)19-17(21)3-2-6-25-19/h2-4,6-8,10-11,14,16H,5,9,12-13H2,1H3,(H2,22,26,27). The van der Waals surface area contributed by atoms with Gasteiger partial charge in [0, 0.05) is 57.5 Å². The predicted octanol–water partition coefficient (Wildman–Crippen LogP) is 2.26. The van der Waals surface area contributed by atoms with Crippen LogP contribution in [0.3, 0.4) is 0 Å². The van der Waals surface area contributed by atoms with Gasteiger partial charge in [0.05, 0.1) is 5.02 Å². The molecular formula is C20H23ClN8. The number of aromatic nitrogens is 4. The van der Waals surface area contributed by atoms with Crippen molar-refractivity contribution in [3.05, 3.63) is 66.0 Å². The summed E-state index contributed by atoms with van der Waals surface area (Å²) >= 11 is 6.28. The van der Waals surface area contributed by atoms with E-state index >= 15 is 0 Å². The summed E-state index contributed by atoms with van der Waals surface area (Å²) in [4.78, 5) is 19.4. The summed E-state index contributed by atoms with van der Waals surface area (Å²) in [6.45, 7) is 2.38. The van der Waals surface area contributed by atoms with E-state index in [-0.39, 0.29) is 6.04 Å². The fourth-order valence-corrected chi connectivity index (χ4v) is 3.60. The fraction of sp³-hybridized carbons (Fsp3) is 0.300. The van der Waals surface area contributed by atoms with Gasteiger partial charge in [0.2, 0.25) is 0 Å². The molecule has 8 nitrogen and oxygen atoms in total. The first kappa shape index (κ1) is 19.2. The molecule has 3 aromatic heterocycles. The number of anilines is 1. The average Bonchev–Trinajstić information content (AvgIpc) is 3.44. The average molecular weight is 411 g/mol. The van der Waals surface area contributed by atoms with E-state index in [0.717, 1.165) is 42.7 Å². The topological polar surface area (TPSA) is 83.3 Å². The molecule has 1 atom stereocenters. The SMILES string of the molecule is CN=C(NCc1ccnc(-n2ccnc2)c1)NC1CCN(c2ncccc2Cl)C1. The van der Waals surface area contributed by atoms with E-state index in [2.05, 4.69) is 35.5 Å². The van der Waals surface area contributed by atoms with Crippen molar-refractivity contribution in [3.8, 4) is 5.82 Å². The highest BCUT2D eigenvalue weighted by atomic mass is 35.5. The van der Waals surface area contributed by atoms with Crippen LogP contribution in [0.1, 0.15) is 12.0 Å². The van der Waals surface area contributed by atoms with Crippen molar-refractivity contribution in [2.45, 2.75) is 19.0 Å². The summed E-state index contributed by atoms with van der Waals surface area (Å²) in [5.74, 6) is 2.44. The summed E-state index contributed by atoms with van der Waals surface area (Å²) in [6, 6.07) is 8.01. The lowest BCUT2D eigenvalue weighted by molar-refractivity contribution is 0.648. The molecule has 1 unspecified atom stereocenters. The molecule has 2 N–H and O–H groups in total. The highest BCUT2D eigenvalue weighted by molar-refractivity contribution is 6.32. The highest BCUT2D eigenvalue weighted by Crippen LogP contribution is 2.25. The molecule has 1 aliphatic rings. The normalized spacial score (nSPS) is 16.8. The van der Waals surface area contributed by atoms with Gasteiger partial charge in [-0.05, 0) is 36.2 Å². The molecule has 0 radical (unpaired) electrons. The number of hydrogen-bond acceptors (Lipinski definition) is 5. The second-order valence-corrected chi connectivity index (χ2v) is 7.21. The molecular weight excluding hydrogens is 388 g/mol. The van der Waals surface area contributed by atoms with Crippen molar-refractivity contribution in [1.82, 2.24) is 30.2 Å². The first-order valence-corrected chi connectivity index (χ1v) is 9.86. The number of halogens is 1. The minimum atomic E-state index is 0.276. The van der Waals surface area contributed by atoms with Crippen LogP contribution in [-0.2, 0) is 6.54 Å². The Hall–Kier alpha value is -3.13. The Morgan fingerprint density at radius 2 is 2.21 bits per heavy atom. The molecule has 0 bridgehead atoms. The van der Waals surface area contributed by atoms with Crippen LogP contribution < -0.4 is 15.5 Å². The van der Waals surface area contributed by atoms with Gasteiger partial charge in [0.1, 0.15) is 18.0 Å². The van der Waals surface area contributed by atoms with Gasteiger partial charge in [-0.2, -0.15) is 0 Å². The summed E-state index contributed by atoms with van der Waals surface area (Å²) < 4.78 is 1.88. The number of pyridine rings is 2. The van der Waals surface area contributed by atoms with Crippen molar-refractivity contribution in [2.75, 3.05) is 25.0 Å². The number of imidazole rings is 1. The number of hydrogen-bond donors (Lipinski definition) is 2. The van der Waals surface area contributed by atoms with Gasteiger partial charge >= 0.3 is 0 Å². The summed E-state index contributed by atoms with van der Waals surface area (Å²) in [7, 11) is 1.78. The van der Waals surface area contributed by atoms with Gasteiger partial charge in [0.25, 0.3) is 0 Å². The Labute approximate surface area is 174 Å². The summed E-state index contributed by atoms with van der Waals surface area (Å²) in [5, 5.41) is 7.55. The lowest BCUT2D eigenvalue weighted by atomic mass is 10.2. The number of aliphatic imine (C=N–C) groups is 1.